The van der Waals surface area contributed by atoms with Crippen molar-refractivity contribution in [2.75, 3.05) is 12.6 Å². The number of hydrogen-bond acceptors (Lipinski definition) is 2. The Kier molecular flexibility index (Phi) is 4.28. The SMILES string of the molecule is CONc1ccccc1.O. The van der Waals surface area contributed by atoms with Gasteiger partial charge in [-0.25, -0.2) is 0 Å². The molecule has 0 amide bonds. The van der Waals surface area contributed by atoms with Gasteiger partial charge in [0.15, 0.2) is 0 Å². The molecule has 1 aromatic rings. The van der Waals surface area contributed by atoms with E-state index in [1.54, 1.807) is 7.11 Å². The number of para-hydroxylation sites is 1. The van der Waals surface area contributed by atoms with Crippen LogP contribution in [0.2, 0.25) is 0 Å². The molecule has 10 heavy (non-hydrogen) atoms. The second-order valence-electron chi connectivity index (χ2n) is 1.67. The Balaban J connectivity index is 0.000000810. The van der Waals surface area contributed by atoms with Crippen LogP contribution in [0.4, 0.5) is 5.69 Å². The van der Waals surface area contributed by atoms with E-state index in [-0.39, 0.29) is 5.48 Å². The van der Waals surface area contributed by atoms with E-state index in [1.807, 2.05) is 30.3 Å². The molecule has 1 rings (SSSR count). The van der Waals surface area contributed by atoms with Crippen LogP contribution >= 0.6 is 0 Å². The lowest BCUT2D eigenvalue weighted by molar-refractivity contribution is 0.271. The molecule has 0 saturated heterocycles. The Labute approximate surface area is 59.9 Å². The minimum atomic E-state index is 0. The Morgan fingerprint density at radius 2 is 1.80 bits per heavy atom. The van der Waals surface area contributed by atoms with Crippen molar-refractivity contribution in [3.8, 4) is 0 Å². The molecule has 56 valence electrons. The normalized spacial score (nSPS) is 8.10. The number of anilines is 1. The minimum Gasteiger partial charge on any atom is -0.412 e. The smallest absolute Gasteiger partial charge is 0.0636 e. The lowest BCUT2D eigenvalue weighted by Gasteiger charge is -1.99. The van der Waals surface area contributed by atoms with E-state index in [2.05, 4.69) is 10.3 Å². The molecule has 0 radical (unpaired) electrons. The fourth-order valence-corrected chi connectivity index (χ4v) is 0.624. The van der Waals surface area contributed by atoms with Gasteiger partial charge in [0, 0.05) is 0 Å². The maximum Gasteiger partial charge on any atom is 0.0636 e. The van der Waals surface area contributed by atoms with Crippen molar-refractivity contribution in [2.24, 2.45) is 0 Å². The molecule has 3 N–H and O–H groups in total. The van der Waals surface area contributed by atoms with Gasteiger partial charge in [-0.1, -0.05) is 18.2 Å². The first-order valence-corrected chi connectivity index (χ1v) is 2.77. The van der Waals surface area contributed by atoms with E-state index in [9.17, 15) is 0 Å². The van der Waals surface area contributed by atoms with Crippen LogP contribution in [0.25, 0.3) is 0 Å². The fraction of sp³-hybridized carbons (Fsp3) is 0.143. The average Bonchev–Trinajstić information content (AvgIpc) is 1.91. The van der Waals surface area contributed by atoms with Crippen molar-refractivity contribution in [3.63, 3.8) is 0 Å². The molecule has 0 heterocycles. The highest BCUT2D eigenvalue weighted by molar-refractivity contribution is 5.39. The van der Waals surface area contributed by atoms with E-state index in [1.165, 1.54) is 0 Å². The highest BCUT2D eigenvalue weighted by atomic mass is 16.6. The summed E-state index contributed by atoms with van der Waals surface area (Å²) >= 11 is 0. The maximum atomic E-state index is 4.68. The number of benzene rings is 1. The van der Waals surface area contributed by atoms with E-state index in [0.717, 1.165) is 5.69 Å². The predicted molar refractivity (Wildman–Crippen MR) is 40.7 cm³/mol. The fourth-order valence-electron chi connectivity index (χ4n) is 0.624. The Bertz CT molecular complexity index is 165. The van der Waals surface area contributed by atoms with E-state index in [0.29, 0.717) is 0 Å². The van der Waals surface area contributed by atoms with E-state index >= 15 is 0 Å². The van der Waals surface area contributed by atoms with Gasteiger partial charge in [0.25, 0.3) is 0 Å². The largest absolute Gasteiger partial charge is 0.412 e. The summed E-state index contributed by atoms with van der Waals surface area (Å²) in [7, 11) is 1.59. The van der Waals surface area contributed by atoms with Crippen LogP contribution in [0.5, 0.6) is 0 Å². The van der Waals surface area contributed by atoms with Gasteiger partial charge in [-0.05, 0) is 12.1 Å². The molecule has 0 saturated carbocycles. The first-order chi connectivity index (χ1) is 4.43. The Morgan fingerprint density at radius 1 is 1.20 bits per heavy atom. The molecule has 0 aromatic heterocycles. The van der Waals surface area contributed by atoms with Gasteiger partial charge in [-0.3, -0.25) is 10.3 Å². The van der Waals surface area contributed by atoms with Crippen LogP contribution in [0.15, 0.2) is 30.3 Å². The monoisotopic (exact) mass is 141 g/mol. The molecule has 0 fully saturated rings. The summed E-state index contributed by atoms with van der Waals surface area (Å²) in [5.74, 6) is 0. The van der Waals surface area contributed by atoms with Gasteiger partial charge in [0.1, 0.15) is 0 Å². The average molecular weight is 141 g/mol. The van der Waals surface area contributed by atoms with Crippen molar-refractivity contribution < 1.29 is 10.3 Å². The summed E-state index contributed by atoms with van der Waals surface area (Å²) in [5, 5.41) is 0. The van der Waals surface area contributed by atoms with Crippen molar-refractivity contribution >= 4 is 5.69 Å². The topological polar surface area (TPSA) is 52.8 Å². The summed E-state index contributed by atoms with van der Waals surface area (Å²) in [6.07, 6.45) is 0. The molecule has 0 aliphatic rings. The lowest BCUT2D eigenvalue weighted by atomic mass is 10.3. The number of nitrogens with one attached hydrogen (secondary N) is 1. The van der Waals surface area contributed by atoms with Crippen molar-refractivity contribution in [3.05, 3.63) is 30.3 Å². The van der Waals surface area contributed by atoms with Crippen molar-refractivity contribution in [1.82, 2.24) is 0 Å². The molecule has 0 aliphatic heterocycles. The highest BCUT2D eigenvalue weighted by Crippen LogP contribution is 2.03. The summed E-state index contributed by atoms with van der Waals surface area (Å²) < 4.78 is 0. The Morgan fingerprint density at radius 3 is 2.30 bits per heavy atom. The second-order valence-corrected chi connectivity index (χ2v) is 1.67. The second kappa shape index (κ2) is 4.78. The molecule has 3 nitrogen and oxygen atoms in total. The zero-order valence-electron chi connectivity index (χ0n) is 5.79. The first-order valence-electron chi connectivity index (χ1n) is 2.77. The third-order valence-electron chi connectivity index (χ3n) is 0.994. The summed E-state index contributed by atoms with van der Waals surface area (Å²) in [4.78, 5) is 4.68. The van der Waals surface area contributed by atoms with Gasteiger partial charge < -0.3 is 5.48 Å². The Hall–Kier alpha value is -1.06. The van der Waals surface area contributed by atoms with Gasteiger partial charge in [0.2, 0.25) is 0 Å². The van der Waals surface area contributed by atoms with Crippen LogP contribution in [-0.4, -0.2) is 12.6 Å². The number of rotatable bonds is 2. The summed E-state index contributed by atoms with van der Waals surface area (Å²) in [6.45, 7) is 0. The van der Waals surface area contributed by atoms with E-state index < -0.39 is 0 Å². The summed E-state index contributed by atoms with van der Waals surface area (Å²) in [5.41, 5.74) is 3.68. The van der Waals surface area contributed by atoms with Crippen LogP contribution in [-0.2, 0) is 4.84 Å². The maximum absolute atomic E-state index is 4.68. The van der Waals surface area contributed by atoms with Gasteiger partial charge in [0.05, 0.1) is 12.8 Å². The molecular weight excluding hydrogens is 130 g/mol. The third-order valence-corrected chi connectivity index (χ3v) is 0.994. The molecule has 0 aliphatic carbocycles. The van der Waals surface area contributed by atoms with Crippen LogP contribution in [0, 0.1) is 0 Å². The van der Waals surface area contributed by atoms with Crippen LogP contribution < -0.4 is 5.48 Å². The lowest BCUT2D eigenvalue weighted by Crippen LogP contribution is -1.93. The van der Waals surface area contributed by atoms with E-state index in [4.69, 9.17) is 0 Å². The molecule has 0 spiro atoms. The quantitative estimate of drug-likeness (QED) is 0.620. The van der Waals surface area contributed by atoms with Gasteiger partial charge in [-0.15, -0.1) is 0 Å². The predicted octanol–water partition coefficient (Wildman–Crippen LogP) is 0.835. The van der Waals surface area contributed by atoms with Gasteiger partial charge in [-0.2, -0.15) is 0 Å². The zero-order valence-corrected chi connectivity index (χ0v) is 5.79. The molecule has 1 aromatic carbocycles. The van der Waals surface area contributed by atoms with Crippen LogP contribution in [0.3, 0.4) is 0 Å². The third kappa shape index (κ3) is 2.48. The molecule has 0 unspecified atom stereocenters. The standard InChI is InChI=1S/C7H9NO.H2O/c1-9-8-7-5-3-2-4-6-7;/h2-6,8H,1H3;1H2. The zero-order chi connectivity index (χ0) is 6.53. The highest BCUT2D eigenvalue weighted by Gasteiger charge is 1.82. The minimum absolute atomic E-state index is 0. The van der Waals surface area contributed by atoms with Crippen LogP contribution in [0.1, 0.15) is 0 Å². The number of hydrogen-bond donors (Lipinski definition) is 1. The van der Waals surface area contributed by atoms with Gasteiger partial charge >= 0.3 is 0 Å². The molecular formula is C7H11NO2. The molecule has 0 atom stereocenters. The van der Waals surface area contributed by atoms with Crippen molar-refractivity contribution in [1.29, 1.82) is 0 Å². The molecule has 0 bridgehead atoms. The summed E-state index contributed by atoms with van der Waals surface area (Å²) in [6, 6.07) is 9.72. The van der Waals surface area contributed by atoms with Crippen molar-refractivity contribution in [2.45, 2.75) is 0 Å². The first kappa shape index (κ1) is 8.94. The molecule has 3 heteroatoms.